The van der Waals surface area contributed by atoms with Gasteiger partial charge in [-0.1, -0.05) is 17.7 Å². The number of furan rings is 1. The number of hydrogen-bond acceptors (Lipinski definition) is 6. The second-order valence-electron chi connectivity index (χ2n) is 7.02. The summed E-state index contributed by atoms with van der Waals surface area (Å²) < 4.78 is 61.8. The second kappa shape index (κ2) is 8.38. The lowest BCUT2D eigenvalue weighted by Gasteiger charge is -2.14. The van der Waals surface area contributed by atoms with Gasteiger partial charge in [0.25, 0.3) is 5.76 Å². The molecule has 0 aliphatic rings. The highest BCUT2D eigenvalue weighted by Crippen LogP contribution is 2.38. The summed E-state index contributed by atoms with van der Waals surface area (Å²) in [4.78, 5) is 23.7. The number of ether oxygens (including phenoxy) is 2. The third-order valence-corrected chi connectivity index (χ3v) is 4.57. The number of hydrogen-bond donors (Lipinski definition) is 1. The van der Waals surface area contributed by atoms with E-state index in [4.69, 9.17) is 23.4 Å². The monoisotopic (exact) mass is 460 g/mol. The third kappa shape index (κ3) is 4.69. The minimum atomic E-state index is -4.99. The van der Waals surface area contributed by atoms with Crippen molar-refractivity contribution >= 4 is 16.9 Å². The van der Waals surface area contributed by atoms with Gasteiger partial charge in [-0.25, -0.2) is 4.79 Å². The van der Waals surface area contributed by atoms with E-state index in [1.807, 2.05) is 0 Å². The fraction of sp³-hybridized carbons (Fsp3) is 0.130. The summed E-state index contributed by atoms with van der Waals surface area (Å²) in [6.45, 7) is 1.61. The first-order valence-electron chi connectivity index (χ1n) is 9.49. The Morgan fingerprint density at radius 1 is 1.00 bits per heavy atom. The average molecular weight is 460 g/mol. The smallest absolute Gasteiger partial charge is 0.453 e. The molecule has 1 N–H and O–H groups in total. The maximum atomic E-state index is 13.7. The molecule has 0 atom stereocenters. The fourth-order valence-electron chi connectivity index (χ4n) is 2.97. The van der Waals surface area contributed by atoms with Crippen molar-refractivity contribution in [1.29, 1.82) is 0 Å². The Morgan fingerprint density at radius 3 is 2.33 bits per heavy atom. The molecule has 10 heteroatoms. The minimum absolute atomic E-state index is 0.0527. The summed E-state index contributed by atoms with van der Waals surface area (Å²) in [6.07, 6.45) is -4.99. The maximum absolute atomic E-state index is 13.7. The molecule has 0 bridgehead atoms. The lowest BCUT2D eigenvalue weighted by molar-refractivity contribution is -0.154. The molecule has 0 fully saturated rings. The Hall–Kier alpha value is -4.21. The zero-order valence-corrected chi connectivity index (χ0v) is 16.9. The van der Waals surface area contributed by atoms with E-state index in [0.717, 1.165) is 11.6 Å². The molecule has 0 unspecified atom stereocenters. The SMILES string of the molecule is Cc1ccc(Oc2c(C(F)(F)F)oc3cc(OCc4ccc(C(=O)O)o4)ccc3c2=O)cc1. The van der Waals surface area contributed by atoms with Gasteiger partial charge in [0.2, 0.25) is 16.9 Å². The van der Waals surface area contributed by atoms with Crippen LogP contribution in [0.1, 0.15) is 27.6 Å². The Balaban J connectivity index is 1.68. The largest absolute Gasteiger partial charge is 0.486 e. The zero-order chi connectivity index (χ0) is 23.8. The van der Waals surface area contributed by atoms with Crippen LogP contribution in [0.4, 0.5) is 13.2 Å². The number of aryl methyl sites for hydroxylation is 1. The van der Waals surface area contributed by atoms with Gasteiger partial charge in [-0.05, 0) is 43.3 Å². The molecule has 0 aliphatic heterocycles. The normalized spacial score (nSPS) is 11.5. The van der Waals surface area contributed by atoms with E-state index in [9.17, 15) is 22.8 Å². The van der Waals surface area contributed by atoms with Crippen LogP contribution >= 0.6 is 0 Å². The summed E-state index contributed by atoms with van der Waals surface area (Å²) in [6, 6.07) is 12.5. The summed E-state index contributed by atoms with van der Waals surface area (Å²) in [5, 5.41) is 8.73. The Kier molecular flexibility index (Phi) is 5.59. The van der Waals surface area contributed by atoms with Gasteiger partial charge in [-0.2, -0.15) is 13.2 Å². The van der Waals surface area contributed by atoms with Gasteiger partial charge in [0.1, 0.15) is 29.4 Å². The first-order chi connectivity index (χ1) is 15.6. The Morgan fingerprint density at radius 2 is 1.70 bits per heavy atom. The molecule has 2 aromatic carbocycles. The Labute approximate surface area is 183 Å². The molecular formula is C23H15F3O7. The van der Waals surface area contributed by atoms with Crippen molar-refractivity contribution in [2.24, 2.45) is 0 Å². The lowest BCUT2D eigenvalue weighted by atomic mass is 10.2. The first kappa shape index (κ1) is 22.0. The molecule has 0 aliphatic carbocycles. The molecule has 4 aromatic rings. The van der Waals surface area contributed by atoms with Crippen LogP contribution in [0.2, 0.25) is 0 Å². The van der Waals surface area contributed by atoms with Crippen LogP contribution in [0.15, 0.2) is 68.2 Å². The Bertz CT molecular complexity index is 1380. The summed E-state index contributed by atoms with van der Waals surface area (Å²) in [5.74, 6) is -3.76. The van der Waals surface area contributed by atoms with Crippen molar-refractivity contribution in [3.8, 4) is 17.2 Å². The molecule has 0 spiro atoms. The predicted molar refractivity (Wildman–Crippen MR) is 109 cm³/mol. The highest BCUT2D eigenvalue weighted by atomic mass is 19.4. The van der Waals surface area contributed by atoms with E-state index in [1.54, 1.807) is 19.1 Å². The minimum Gasteiger partial charge on any atom is -0.486 e. The number of alkyl halides is 3. The molecular weight excluding hydrogens is 445 g/mol. The van der Waals surface area contributed by atoms with Gasteiger partial charge in [-0.3, -0.25) is 4.79 Å². The number of benzene rings is 2. The molecule has 33 heavy (non-hydrogen) atoms. The standard InChI is InChI=1S/C23H15F3O7/c1-12-2-4-13(5-3-12)32-20-19(27)16-8-6-14(10-18(16)33-21(20)23(24,25)26)30-11-15-7-9-17(31-15)22(28)29/h2-10H,11H2,1H3,(H,28,29). The van der Waals surface area contributed by atoms with E-state index in [2.05, 4.69) is 0 Å². The van der Waals surface area contributed by atoms with Crippen molar-refractivity contribution in [2.75, 3.05) is 0 Å². The zero-order valence-electron chi connectivity index (χ0n) is 16.9. The van der Waals surface area contributed by atoms with E-state index in [-0.39, 0.29) is 40.6 Å². The number of fused-ring (bicyclic) bond motifs is 1. The third-order valence-electron chi connectivity index (χ3n) is 4.57. The molecule has 2 aromatic heterocycles. The molecule has 0 radical (unpaired) electrons. The van der Waals surface area contributed by atoms with Crippen molar-refractivity contribution in [2.45, 2.75) is 19.7 Å². The molecule has 0 saturated carbocycles. The van der Waals surface area contributed by atoms with E-state index in [0.29, 0.717) is 0 Å². The molecule has 4 rings (SSSR count). The van der Waals surface area contributed by atoms with Gasteiger partial charge < -0.3 is 23.4 Å². The second-order valence-corrected chi connectivity index (χ2v) is 7.02. The van der Waals surface area contributed by atoms with E-state index < -0.39 is 29.1 Å². The van der Waals surface area contributed by atoms with Gasteiger partial charge >= 0.3 is 12.1 Å². The van der Waals surface area contributed by atoms with Crippen LogP contribution in [-0.2, 0) is 12.8 Å². The van der Waals surface area contributed by atoms with E-state index >= 15 is 0 Å². The predicted octanol–water partition coefficient (Wildman–Crippen LogP) is 5.78. The average Bonchev–Trinajstić information content (AvgIpc) is 3.24. The topological polar surface area (TPSA) is 99.1 Å². The summed E-state index contributed by atoms with van der Waals surface area (Å²) in [7, 11) is 0. The van der Waals surface area contributed by atoms with Gasteiger partial charge in [0, 0.05) is 6.07 Å². The number of halogens is 3. The molecule has 170 valence electrons. The van der Waals surface area contributed by atoms with E-state index in [1.165, 1.54) is 36.4 Å². The van der Waals surface area contributed by atoms with Crippen LogP contribution < -0.4 is 14.9 Å². The van der Waals surface area contributed by atoms with Crippen LogP contribution in [0.5, 0.6) is 17.2 Å². The van der Waals surface area contributed by atoms with Gasteiger partial charge in [0.15, 0.2) is 0 Å². The van der Waals surface area contributed by atoms with Crippen molar-refractivity contribution < 1.29 is 41.4 Å². The summed E-state index contributed by atoms with van der Waals surface area (Å²) >= 11 is 0. The lowest BCUT2D eigenvalue weighted by Crippen LogP contribution is -2.15. The molecule has 7 nitrogen and oxygen atoms in total. The van der Waals surface area contributed by atoms with Gasteiger partial charge in [0.05, 0.1) is 5.39 Å². The number of rotatable bonds is 6. The quantitative estimate of drug-likeness (QED) is 0.389. The highest BCUT2D eigenvalue weighted by molar-refractivity contribution is 5.84. The molecule has 0 amide bonds. The van der Waals surface area contributed by atoms with Crippen LogP contribution in [0.3, 0.4) is 0 Å². The summed E-state index contributed by atoms with van der Waals surface area (Å²) in [5.41, 5.74) is -0.482. The number of carbonyl (C=O) groups is 1. The number of aromatic carboxylic acids is 1. The van der Waals surface area contributed by atoms with Crippen LogP contribution in [0.25, 0.3) is 11.0 Å². The number of carboxylic acids is 1. The van der Waals surface area contributed by atoms with Crippen molar-refractivity contribution in [3.05, 3.63) is 87.7 Å². The first-order valence-corrected chi connectivity index (χ1v) is 9.49. The fourth-order valence-corrected chi connectivity index (χ4v) is 2.97. The maximum Gasteiger partial charge on any atom is 0.453 e. The van der Waals surface area contributed by atoms with Crippen LogP contribution in [0, 0.1) is 6.92 Å². The van der Waals surface area contributed by atoms with Crippen molar-refractivity contribution in [1.82, 2.24) is 0 Å². The molecule has 2 heterocycles. The number of carboxylic acid groups (broad SMARTS) is 1. The van der Waals surface area contributed by atoms with Crippen molar-refractivity contribution in [3.63, 3.8) is 0 Å². The highest BCUT2D eigenvalue weighted by Gasteiger charge is 2.40. The van der Waals surface area contributed by atoms with Gasteiger partial charge in [-0.15, -0.1) is 0 Å². The van der Waals surface area contributed by atoms with Crippen LogP contribution in [-0.4, -0.2) is 11.1 Å². The molecule has 0 saturated heterocycles.